The van der Waals surface area contributed by atoms with E-state index in [1.54, 1.807) is 4.90 Å². The lowest BCUT2D eigenvalue weighted by atomic mass is 10.3. The number of carbonyl (C=O) groups is 1. The predicted molar refractivity (Wildman–Crippen MR) is 39.8 cm³/mol. The topological polar surface area (TPSA) is 56.1 Å². The van der Waals surface area contributed by atoms with Gasteiger partial charge in [-0.05, 0) is 6.92 Å². The van der Waals surface area contributed by atoms with Gasteiger partial charge < -0.3 is 10.2 Å². The molecule has 4 heteroatoms. The summed E-state index contributed by atoms with van der Waals surface area (Å²) in [5, 5.41) is 11.0. The first-order valence-corrected chi connectivity index (χ1v) is 3.66. The van der Waals surface area contributed by atoms with Crippen LogP contribution in [0.4, 0.5) is 4.79 Å². The fourth-order valence-electron chi connectivity index (χ4n) is 1.14. The third kappa shape index (κ3) is 1.84. The number of amides is 2. The lowest BCUT2D eigenvalue weighted by Gasteiger charge is -2.10. The van der Waals surface area contributed by atoms with E-state index in [1.807, 2.05) is 13.0 Å². The van der Waals surface area contributed by atoms with Crippen LogP contribution in [0.15, 0.2) is 0 Å². The zero-order valence-electron chi connectivity index (χ0n) is 6.50. The molecule has 0 aromatic rings. The number of nitrogens with one attached hydrogen (secondary N) is 1. The normalized spacial score (nSPS) is 23.1. The Hall–Kier alpha value is -1.24. The molecule has 2 amide bonds. The highest BCUT2D eigenvalue weighted by Crippen LogP contribution is 2.02. The summed E-state index contributed by atoms with van der Waals surface area (Å²) in [6.45, 7) is 3.22. The molecular weight excluding hydrogens is 142 g/mol. The number of urea groups is 1. The zero-order chi connectivity index (χ0) is 8.27. The average molecular weight is 153 g/mol. The lowest BCUT2D eigenvalue weighted by Crippen LogP contribution is -2.28. The molecular formula is C7H11N3O. The van der Waals surface area contributed by atoms with Gasteiger partial charge in [-0.3, -0.25) is 0 Å². The van der Waals surface area contributed by atoms with Gasteiger partial charge in [0.15, 0.2) is 0 Å². The van der Waals surface area contributed by atoms with Crippen LogP contribution in [-0.2, 0) is 0 Å². The number of carbonyl (C=O) groups excluding carboxylic acids is 1. The van der Waals surface area contributed by atoms with Crippen LogP contribution in [-0.4, -0.2) is 30.1 Å². The molecule has 60 valence electrons. The Morgan fingerprint density at radius 3 is 3.09 bits per heavy atom. The lowest BCUT2D eigenvalue weighted by molar-refractivity contribution is 0.218. The summed E-state index contributed by atoms with van der Waals surface area (Å²) >= 11 is 0. The first-order valence-electron chi connectivity index (χ1n) is 3.66. The second-order valence-corrected chi connectivity index (χ2v) is 2.70. The summed E-state index contributed by atoms with van der Waals surface area (Å²) in [4.78, 5) is 12.7. The summed E-state index contributed by atoms with van der Waals surface area (Å²) in [5.41, 5.74) is 0. The van der Waals surface area contributed by atoms with Crippen molar-refractivity contribution in [2.24, 2.45) is 0 Å². The number of nitriles is 1. The van der Waals surface area contributed by atoms with Gasteiger partial charge in [0.1, 0.15) is 0 Å². The zero-order valence-corrected chi connectivity index (χ0v) is 6.50. The summed E-state index contributed by atoms with van der Waals surface area (Å²) in [6, 6.07) is 2.18. The van der Waals surface area contributed by atoms with Crippen molar-refractivity contribution in [1.29, 1.82) is 5.26 Å². The van der Waals surface area contributed by atoms with E-state index in [2.05, 4.69) is 5.32 Å². The molecule has 1 heterocycles. The summed E-state index contributed by atoms with van der Waals surface area (Å²) in [5.74, 6) is 0. The molecule has 1 aliphatic heterocycles. The summed E-state index contributed by atoms with van der Waals surface area (Å²) in [6.07, 6.45) is 0.417. The van der Waals surface area contributed by atoms with Gasteiger partial charge in [0.2, 0.25) is 0 Å². The fourth-order valence-corrected chi connectivity index (χ4v) is 1.14. The average Bonchev–Trinajstić information content (AvgIpc) is 2.26. The Kier molecular flexibility index (Phi) is 2.32. The number of hydrogen-bond acceptors (Lipinski definition) is 2. The predicted octanol–water partition coefficient (Wildman–Crippen LogP) is 0.314. The SMILES string of the molecule is CC1CN(CCC#N)C(=O)N1. The molecule has 1 fully saturated rings. The van der Waals surface area contributed by atoms with Crippen LogP contribution in [0.5, 0.6) is 0 Å². The molecule has 0 aromatic carbocycles. The van der Waals surface area contributed by atoms with Gasteiger partial charge in [-0.2, -0.15) is 5.26 Å². The first kappa shape index (κ1) is 7.86. The molecule has 11 heavy (non-hydrogen) atoms. The van der Waals surface area contributed by atoms with Gasteiger partial charge in [-0.1, -0.05) is 0 Å². The Morgan fingerprint density at radius 2 is 2.64 bits per heavy atom. The number of nitrogens with zero attached hydrogens (tertiary/aromatic N) is 2. The molecule has 0 radical (unpaired) electrons. The second kappa shape index (κ2) is 3.24. The summed E-state index contributed by atoms with van der Waals surface area (Å²) in [7, 11) is 0. The van der Waals surface area contributed by atoms with E-state index < -0.39 is 0 Å². The maximum absolute atomic E-state index is 11.0. The van der Waals surface area contributed by atoms with Gasteiger partial charge in [0, 0.05) is 19.1 Å². The highest BCUT2D eigenvalue weighted by molar-refractivity contribution is 5.76. The molecule has 1 atom stereocenters. The van der Waals surface area contributed by atoms with Crippen molar-refractivity contribution < 1.29 is 4.79 Å². The Balaban J connectivity index is 2.36. The van der Waals surface area contributed by atoms with Gasteiger partial charge >= 0.3 is 6.03 Å². The van der Waals surface area contributed by atoms with E-state index in [1.165, 1.54) is 0 Å². The molecule has 4 nitrogen and oxygen atoms in total. The van der Waals surface area contributed by atoms with Crippen molar-refractivity contribution in [2.45, 2.75) is 19.4 Å². The van der Waals surface area contributed by atoms with Gasteiger partial charge in [-0.15, -0.1) is 0 Å². The number of rotatable bonds is 2. The van der Waals surface area contributed by atoms with E-state index in [4.69, 9.17) is 5.26 Å². The van der Waals surface area contributed by atoms with E-state index in [9.17, 15) is 4.79 Å². The first-order chi connectivity index (χ1) is 5.24. The molecule has 0 saturated carbocycles. The van der Waals surface area contributed by atoms with Crippen LogP contribution in [0.25, 0.3) is 0 Å². The molecule has 1 unspecified atom stereocenters. The third-order valence-corrected chi connectivity index (χ3v) is 1.64. The van der Waals surface area contributed by atoms with Crippen LogP contribution in [0.3, 0.4) is 0 Å². The molecule has 0 aliphatic carbocycles. The van der Waals surface area contributed by atoms with Crippen LogP contribution >= 0.6 is 0 Å². The monoisotopic (exact) mass is 153 g/mol. The van der Waals surface area contributed by atoms with Crippen molar-refractivity contribution in [1.82, 2.24) is 10.2 Å². The molecule has 1 N–H and O–H groups in total. The highest BCUT2D eigenvalue weighted by Gasteiger charge is 2.24. The van der Waals surface area contributed by atoms with Crippen LogP contribution in [0.1, 0.15) is 13.3 Å². The van der Waals surface area contributed by atoms with Crippen LogP contribution in [0.2, 0.25) is 0 Å². The smallest absolute Gasteiger partial charge is 0.317 e. The number of hydrogen-bond donors (Lipinski definition) is 1. The van der Waals surface area contributed by atoms with Gasteiger partial charge in [0.25, 0.3) is 0 Å². The maximum Gasteiger partial charge on any atom is 0.317 e. The summed E-state index contributed by atoms with van der Waals surface area (Å²) < 4.78 is 0. The minimum absolute atomic E-state index is 0.0484. The van der Waals surface area contributed by atoms with E-state index in [0.29, 0.717) is 13.0 Å². The molecule has 0 bridgehead atoms. The highest BCUT2D eigenvalue weighted by atomic mass is 16.2. The van der Waals surface area contributed by atoms with E-state index in [0.717, 1.165) is 6.54 Å². The standard InChI is InChI=1S/C7H11N3O/c1-6-5-10(4-2-3-8)7(11)9-6/h6H,2,4-5H2,1H3,(H,9,11). The Labute approximate surface area is 65.8 Å². The quantitative estimate of drug-likeness (QED) is 0.620. The molecule has 0 spiro atoms. The molecule has 0 aromatic heterocycles. The van der Waals surface area contributed by atoms with Crippen LogP contribution in [0, 0.1) is 11.3 Å². The third-order valence-electron chi connectivity index (χ3n) is 1.64. The van der Waals surface area contributed by atoms with Crippen molar-refractivity contribution in [3.63, 3.8) is 0 Å². The van der Waals surface area contributed by atoms with Gasteiger partial charge in [-0.25, -0.2) is 4.79 Å². The molecule has 1 saturated heterocycles. The van der Waals surface area contributed by atoms with E-state index >= 15 is 0 Å². The Morgan fingerprint density at radius 1 is 1.91 bits per heavy atom. The molecule has 1 aliphatic rings. The fraction of sp³-hybridized carbons (Fsp3) is 0.714. The van der Waals surface area contributed by atoms with Crippen LogP contribution < -0.4 is 5.32 Å². The van der Waals surface area contributed by atoms with Crippen molar-refractivity contribution >= 4 is 6.03 Å². The van der Waals surface area contributed by atoms with Crippen molar-refractivity contribution in [3.05, 3.63) is 0 Å². The van der Waals surface area contributed by atoms with Crippen molar-refractivity contribution in [2.75, 3.05) is 13.1 Å². The van der Waals surface area contributed by atoms with Gasteiger partial charge in [0.05, 0.1) is 12.5 Å². The van der Waals surface area contributed by atoms with Crippen molar-refractivity contribution in [3.8, 4) is 6.07 Å². The Bertz CT molecular complexity index is 196. The second-order valence-electron chi connectivity index (χ2n) is 2.70. The maximum atomic E-state index is 11.0. The largest absolute Gasteiger partial charge is 0.334 e. The van der Waals surface area contributed by atoms with E-state index in [-0.39, 0.29) is 12.1 Å². The molecule has 1 rings (SSSR count). The minimum Gasteiger partial charge on any atom is -0.334 e. The minimum atomic E-state index is -0.0484.